The second kappa shape index (κ2) is 5.05. The standard InChI is InChI=1S/C11H19N3/c1-5-10-6-9(4)13-11(14-10)7-12-8(2)3/h6,8,12H,5,7H2,1-4H3. The topological polar surface area (TPSA) is 37.8 Å². The Bertz CT molecular complexity index is 295. The van der Waals surface area contributed by atoms with Crippen molar-refractivity contribution in [2.45, 2.75) is 46.7 Å². The van der Waals surface area contributed by atoms with Gasteiger partial charge in [0.25, 0.3) is 0 Å². The number of rotatable bonds is 4. The summed E-state index contributed by atoms with van der Waals surface area (Å²) in [5, 5.41) is 3.32. The molecule has 0 amide bonds. The van der Waals surface area contributed by atoms with Crippen LogP contribution in [0.5, 0.6) is 0 Å². The van der Waals surface area contributed by atoms with Crippen molar-refractivity contribution in [3.63, 3.8) is 0 Å². The molecule has 0 aliphatic rings. The average Bonchev–Trinajstić information content (AvgIpc) is 2.14. The SMILES string of the molecule is CCc1cc(C)nc(CNC(C)C)n1. The third kappa shape index (κ3) is 3.42. The number of nitrogens with one attached hydrogen (secondary N) is 1. The maximum atomic E-state index is 4.45. The molecular formula is C11H19N3. The lowest BCUT2D eigenvalue weighted by molar-refractivity contribution is 0.569. The Balaban J connectivity index is 2.71. The smallest absolute Gasteiger partial charge is 0.142 e. The first-order chi connectivity index (χ1) is 6.61. The van der Waals surface area contributed by atoms with Crippen LogP contribution in [0.3, 0.4) is 0 Å². The Labute approximate surface area is 86.0 Å². The van der Waals surface area contributed by atoms with Crippen LogP contribution in [-0.2, 0) is 13.0 Å². The first kappa shape index (κ1) is 11.1. The predicted octanol–water partition coefficient (Wildman–Crippen LogP) is 1.85. The van der Waals surface area contributed by atoms with Gasteiger partial charge in [-0.3, -0.25) is 0 Å². The molecule has 1 rings (SSSR count). The van der Waals surface area contributed by atoms with Crippen LogP contribution in [0.15, 0.2) is 6.07 Å². The Morgan fingerprint density at radius 3 is 2.64 bits per heavy atom. The first-order valence-electron chi connectivity index (χ1n) is 5.18. The van der Waals surface area contributed by atoms with Crippen LogP contribution >= 0.6 is 0 Å². The van der Waals surface area contributed by atoms with E-state index in [0.717, 1.165) is 30.2 Å². The largest absolute Gasteiger partial charge is 0.308 e. The zero-order chi connectivity index (χ0) is 10.6. The van der Waals surface area contributed by atoms with Crippen LogP contribution in [-0.4, -0.2) is 16.0 Å². The third-order valence-corrected chi connectivity index (χ3v) is 1.98. The van der Waals surface area contributed by atoms with Gasteiger partial charge in [-0.2, -0.15) is 0 Å². The Hall–Kier alpha value is -0.960. The lowest BCUT2D eigenvalue weighted by Crippen LogP contribution is -2.23. The number of aryl methyl sites for hydroxylation is 2. The summed E-state index contributed by atoms with van der Waals surface area (Å²) in [6, 6.07) is 2.52. The highest BCUT2D eigenvalue weighted by Crippen LogP contribution is 2.01. The summed E-state index contributed by atoms with van der Waals surface area (Å²) >= 11 is 0. The number of aromatic nitrogens is 2. The normalized spacial score (nSPS) is 10.9. The van der Waals surface area contributed by atoms with Crippen LogP contribution in [0.1, 0.15) is 38.0 Å². The fraction of sp³-hybridized carbons (Fsp3) is 0.636. The second-order valence-electron chi connectivity index (χ2n) is 3.81. The molecule has 0 radical (unpaired) electrons. The molecule has 1 N–H and O–H groups in total. The van der Waals surface area contributed by atoms with Gasteiger partial charge in [-0.15, -0.1) is 0 Å². The minimum Gasteiger partial charge on any atom is -0.308 e. The van der Waals surface area contributed by atoms with Crippen molar-refractivity contribution in [2.24, 2.45) is 0 Å². The monoisotopic (exact) mass is 193 g/mol. The van der Waals surface area contributed by atoms with E-state index in [0.29, 0.717) is 6.04 Å². The van der Waals surface area contributed by atoms with Gasteiger partial charge in [-0.1, -0.05) is 20.8 Å². The van der Waals surface area contributed by atoms with Crippen molar-refractivity contribution >= 4 is 0 Å². The summed E-state index contributed by atoms with van der Waals surface area (Å²) in [4.78, 5) is 8.83. The predicted molar refractivity (Wildman–Crippen MR) is 58.1 cm³/mol. The minimum atomic E-state index is 0.476. The number of hydrogen-bond donors (Lipinski definition) is 1. The van der Waals surface area contributed by atoms with Crippen molar-refractivity contribution in [1.82, 2.24) is 15.3 Å². The van der Waals surface area contributed by atoms with Crippen LogP contribution in [0, 0.1) is 6.92 Å². The van der Waals surface area contributed by atoms with E-state index >= 15 is 0 Å². The van der Waals surface area contributed by atoms with Gasteiger partial charge in [-0.25, -0.2) is 9.97 Å². The van der Waals surface area contributed by atoms with E-state index in [-0.39, 0.29) is 0 Å². The van der Waals surface area contributed by atoms with Crippen LogP contribution in [0.25, 0.3) is 0 Å². The number of nitrogens with zero attached hydrogens (tertiary/aromatic N) is 2. The maximum Gasteiger partial charge on any atom is 0.142 e. The quantitative estimate of drug-likeness (QED) is 0.793. The summed E-state index contributed by atoms with van der Waals surface area (Å²) < 4.78 is 0. The molecule has 0 unspecified atom stereocenters. The molecule has 3 heteroatoms. The van der Waals surface area contributed by atoms with E-state index in [1.165, 1.54) is 0 Å². The summed E-state index contributed by atoms with van der Waals surface area (Å²) in [6.07, 6.45) is 0.970. The fourth-order valence-corrected chi connectivity index (χ4v) is 1.26. The van der Waals surface area contributed by atoms with Crippen molar-refractivity contribution in [1.29, 1.82) is 0 Å². The summed E-state index contributed by atoms with van der Waals surface area (Å²) in [5.41, 5.74) is 2.18. The van der Waals surface area contributed by atoms with Gasteiger partial charge in [-0.05, 0) is 19.4 Å². The van der Waals surface area contributed by atoms with Gasteiger partial charge in [0.05, 0.1) is 6.54 Å². The van der Waals surface area contributed by atoms with Crippen molar-refractivity contribution in [3.05, 3.63) is 23.3 Å². The molecule has 78 valence electrons. The highest BCUT2D eigenvalue weighted by Gasteiger charge is 2.01. The summed E-state index contributed by atoms with van der Waals surface area (Å²) in [7, 11) is 0. The molecule has 0 spiro atoms. The fourth-order valence-electron chi connectivity index (χ4n) is 1.26. The second-order valence-corrected chi connectivity index (χ2v) is 3.81. The molecule has 0 saturated heterocycles. The van der Waals surface area contributed by atoms with E-state index < -0.39 is 0 Å². The van der Waals surface area contributed by atoms with Crippen LogP contribution in [0.2, 0.25) is 0 Å². The molecule has 0 aliphatic carbocycles. The van der Waals surface area contributed by atoms with E-state index in [1.54, 1.807) is 0 Å². The molecular weight excluding hydrogens is 174 g/mol. The van der Waals surface area contributed by atoms with Gasteiger partial charge >= 0.3 is 0 Å². The summed E-state index contributed by atoms with van der Waals surface area (Å²) in [6.45, 7) is 9.13. The molecule has 1 heterocycles. The molecule has 0 saturated carbocycles. The van der Waals surface area contributed by atoms with Crippen LogP contribution < -0.4 is 5.32 Å². The molecule has 0 aliphatic heterocycles. The molecule has 1 aromatic heterocycles. The van der Waals surface area contributed by atoms with Gasteiger partial charge in [0.15, 0.2) is 0 Å². The molecule has 1 aromatic rings. The van der Waals surface area contributed by atoms with Gasteiger partial charge < -0.3 is 5.32 Å². The van der Waals surface area contributed by atoms with E-state index in [4.69, 9.17) is 0 Å². The van der Waals surface area contributed by atoms with E-state index in [9.17, 15) is 0 Å². The zero-order valence-corrected chi connectivity index (χ0v) is 9.46. The van der Waals surface area contributed by atoms with Crippen molar-refractivity contribution < 1.29 is 0 Å². The van der Waals surface area contributed by atoms with E-state index in [1.807, 2.05) is 13.0 Å². The van der Waals surface area contributed by atoms with Gasteiger partial charge in [0.2, 0.25) is 0 Å². The van der Waals surface area contributed by atoms with E-state index in [2.05, 4.69) is 36.1 Å². The Kier molecular flexibility index (Phi) is 4.01. The number of hydrogen-bond acceptors (Lipinski definition) is 3. The molecule has 0 bridgehead atoms. The zero-order valence-electron chi connectivity index (χ0n) is 9.46. The Morgan fingerprint density at radius 1 is 1.36 bits per heavy atom. The van der Waals surface area contributed by atoms with Crippen molar-refractivity contribution in [2.75, 3.05) is 0 Å². The molecule has 0 atom stereocenters. The van der Waals surface area contributed by atoms with Gasteiger partial charge in [0, 0.05) is 17.4 Å². The molecule has 3 nitrogen and oxygen atoms in total. The highest BCUT2D eigenvalue weighted by molar-refractivity contribution is 5.09. The maximum absolute atomic E-state index is 4.45. The van der Waals surface area contributed by atoms with Crippen molar-refractivity contribution in [3.8, 4) is 0 Å². The molecule has 0 aromatic carbocycles. The van der Waals surface area contributed by atoms with Gasteiger partial charge in [0.1, 0.15) is 5.82 Å². The highest BCUT2D eigenvalue weighted by atomic mass is 15.0. The van der Waals surface area contributed by atoms with Crippen LogP contribution in [0.4, 0.5) is 0 Å². The molecule has 0 fully saturated rings. The summed E-state index contributed by atoms with van der Waals surface area (Å²) in [5.74, 6) is 0.899. The molecule has 14 heavy (non-hydrogen) atoms. The lowest BCUT2D eigenvalue weighted by Gasteiger charge is -2.08. The third-order valence-electron chi connectivity index (χ3n) is 1.98. The lowest BCUT2D eigenvalue weighted by atomic mass is 10.3. The average molecular weight is 193 g/mol. The Morgan fingerprint density at radius 2 is 2.07 bits per heavy atom. The minimum absolute atomic E-state index is 0.476. The first-order valence-corrected chi connectivity index (χ1v) is 5.18.